The number of carbonyl (C=O) groups is 1. The molecule has 1 amide bonds. The zero-order chi connectivity index (χ0) is 17.8. The first-order valence-electron chi connectivity index (χ1n) is 9.26. The average Bonchev–Trinajstić information content (AvgIpc) is 2.55. The van der Waals surface area contributed by atoms with Crippen LogP contribution in [0.3, 0.4) is 0 Å². The molecule has 1 saturated heterocycles. The van der Waals surface area contributed by atoms with Crippen LogP contribution in [0.2, 0.25) is 0 Å². The molecule has 0 unspecified atom stereocenters. The number of amides is 1. The second-order valence-electron chi connectivity index (χ2n) is 7.52. The number of piperidine rings is 1. The number of hydrogen-bond acceptors (Lipinski definition) is 4. The SMILES string of the molecule is CCN(C1CCN(C(=O)CC2(CN)CCCCC2)CC1)S(C)(=O)=O. The molecule has 2 rings (SSSR count). The van der Waals surface area contributed by atoms with Crippen molar-refractivity contribution >= 4 is 15.9 Å². The van der Waals surface area contributed by atoms with Gasteiger partial charge in [-0.3, -0.25) is 4.79 Å². The molecule has 1 aliphatic carbocycles. The van der Waals surface area contributed by atoms with E-state index in [9.17, 15) is 13.2 Å². The molecule has 1 aliphatic heterocycles. The molecule has 2 aliphatic rings. The molecule has 2 fully saturated rings. The Kier molecular flexibility index (Phi) is 6.67. The Morgan fingerprint density at radius 3 is 2.25 bits per heavy atom. The van der Waals surface area contributed by atoms with Crippen molar-refractivity contribution in [3.8, 4) is 0 Å². The summed E-state index contributed by atoms with van der Waals surface area (Å²) in [7, 11) is -3.18. The van der Waals surface area contributed by atoms with Gasteiger partial charge in [0.15, 0.2) is 0 Å². The van der Waals surface area contributed by atoms with Gasteiger partial charge in [0.2, 0.25) is 15.9 Å². The molecular weight excluding hydrogens is 326 g/mol. The van der Waals surface area contributed by atoms with Crippen LogP contribution in [0, 0.1) is 5.41 Å². The van der Waals surface area contributed by atoms with Gasteiger partial charge in [0.05, 0.1) is 6.26 Å². The van der Waals surface area contributed by atoms with Crippen molar-refractivity contribution in [3.05, 3.63) is 0 Å². The summed E-state index contributed by atoms with van der Waals surface area (Å²) in [6, 6.07) is 0.0206. The van der Waals surface area contributed by atoms with Crippen molar-refractivity contribution in [1.29, 1.82) is 0 Å². The summed E-state index contributed by atoms with van der Waals surface area (Å²) >= 11 is 0. The predicted molar refractivity (Wildman–Crippen MR) is 96.0 cm³/mol. The van der Waals surface area contributed by atoms with Gasteiger partial charge >= 0.3 is 0 Å². The molecule has 7 heteroatoms. The number of carbonyl (C=O) groups excluding carboxylic acids is 1. The molecule has 0 aromatic heterocycles. The van der Waals surface area contributed by atoms with E-state index in [1.807, 2.05) is 11.8 Å². The number of nitrogens with zero attached hydrogens (tertiary/aromatic N) is 2. The summed E-state index contributed by atoms with van der Waals surface area (Å²) in [5.74, 6) is 0.197. The van der Waals surface area contributed by atoms with Crippen molar-refractivity contribution in [2.45, 2.75) is 64.3 Å². The van der Waals surface area contributed by atoms with E-state index in [1.54, 1.807) is 4.31 Å². The fourth-order valence-corrected chi connectivity index (χ4v) is 5.58. The van der Waals surface area contributed by atoms with E-state index in [1.165, 1.54) is 25.5 Å². The summed E-state index contributed by atoms with van der Waals surface area (Å²) in [5.41, 5.74) is 5.99. The van der Waals surface area contributed by atoms with Crippen molar-refractivity contribution in [1.82, 2.24) is 9.21 Å². The Morgan fingerprint density at radius 1 is 1.21 bits per heavy atom. The van der Waals surface area contributed by atoms with Gasteiger partial charge < -0.3 is 10.6 Å². The molecule has 1 heterocycles. The van der Waals surface area contributed by atoms with Gasteiger partial charge in [-0.05, 0) is 37.6 Å². The highest BCUT2D eigenvalue weighted by Gasteiger charge is 2.36. The minimum Gasteiger partial charge on any atom is -0.343 e. The van der Waals surface area contributed by atoms with E-state index in [0.717, 1.165) is 25.7 Å². The van der Waals surface area contributed by atoms with Gasteiger partial charge in [-0.25, -0.2) is 8.42 Å². The highest BCUT2D eigenvalue weighted by molar-refractivity contribution is 7.88. The van der Waals surface area contributed by atoms with Crippen LogP contribution in [-0.2, 0) is 14.8 Å². The van der Waals surface area contributed by atoms with E-state index in [0.29, 0.717) is 32.6 Å². The highest BCUT2D eigenvalue weighted by atomic mass is 32.2. The number of rotatable bonds is 6. The molecule has 0 spiro atoms. The monoisotopic (exact) mass is 359 g/mol. The Balaban J connectivity index is 1.90. The summed E-state index contributed by atoms with van der Waals surface area (Å²) in [6.45, 7) is 4.25. The lowest BCUT2D eigenvalue weighted by atomic mass is 9.71. The molecule has 140 valence electrons. The molecule has 6 nitrogen and oxygen atoms in total. The third kappa shape index (κ3) is 4.70. The second-order valence-corrected chi connectivity index (χ2v) is 9.45. The van der Waals surface area contributed by atoms with Crippen molar-refractivity contribution < 1.29 is 13.2 Å². The smallest absolute Gasteiger partial charge is 0.223 e. The zero-order valence-electron chi connectivity index (χ0n) is 15.2. The van der Waals surface area contributed by atoms with Crippen molar-refractivity contribution in [3.63, 3.8) is 0 Å². The molecule has 0 atom stereocenters. The fourth-order valence-electron chi connectivity index (χ4n) is 4.35. The van der Waals surface area contributed by atoms with Crippen LogP contribution in [0.25, 0.3) is 0 Å². The van der Waals surface area contributed by atoms with Crippen molar-refractivity contribution in [2.75, 3.05) is 32.4 Å². The zero-order valence-corrected chi connectivity index (χ0v) is 16.0. The third-order valence-electron chi connectivity index (χ3n) is 5.84. The molecule has 24 heavy (non-hydrogen) atoms. The van der Waals surface area contributed by atoms with Crippen molar-refractivity contribution in [2.24, 2.45) is 11.1 Å². The van der Waals surface area contributed by atoms with E-state index in [-0.39, 0.29) is 17.4 Å². The minimum absolute atomic E-state index is 0.00556. The molecule has 0 aromatic rings. The standard InChI is InChI=1S/C17H33N3O3S/c1-3-20(24(2,22)23)15-7-11-19(12-8-15)16(21)13-17(14-18)9-5-4-6-10-17/h15H,3-14,18H2,1-2H3. The van der Waals surface area contributed by atoms with Crippen LogP contribution in [0.4, 0.5) is 0 Å². The summed E-state index contributed by atoms with van der Waals surface area (Å²) < 4.78 is 25.3. The van der Waals surface area contributed by atoms with Gasteiger partial charge in [-0.15, -0.1) is 0 Å². The van der Waals surface area contributed by atoms with E-state index >= 15 is 0 Å². The number of hydrogen-bond donors (Lipinski definition) is 1. The van der Waals surface area contributed by atoms with Gasteiger partial charge in [0.25, 0.3) is 0 Å². The first-order valence-corrected chi connectivity index (χ1v) is 11.1. The van der Waals surface area contributed by atoms with E-state index in [2.05, 4.69) is 0 Å². The van der Waals surface area contributed by atoms with E-state index in [4.69, 9.17) is 5.73 Å². The molecule has 0 radical (unpaired) electrons. The lowest BCUT2D eigenvalue weighted by molar-refractivity contribution is -0.135. The lowest BCUT2D eigenvalue weighted by Crippen LogP contribution is -2.49. The van der Waals surface area contributed by atoms with Crippen LogP contribution in [0.15, 0.2) is 0 Å². The van der Waals surface area contributed by atoms with Crippen LogP contribution in [-0.4, -0.2) is 62.0 Å². The maximum atomic E-state index is 12.7. The van der Waals surface area contributed by atoms with Crippen LogP contribution < -0.4 is 5.73 Å². The number of nitrogens with two attached hydrogens (primary N) is 1. The summed E-state index contributed by atoms with van der Waals surface area (Å²) in [4.78, 5) is 14.6. The average molecular weight is 360 g/mol. The maximum Gasteiger partial charge on any atom is 0.223 e. The first kappa shape index (κ1) is 19.7. The lowest BCUT2D eigenvalue weighted by Gasteiger charge is -2.40. The molecule has 2 N–H and O–H groups in total. The van der Waals surface area contributed by atoms with E-state index < -0.39 is 10.0 Å². The van der Waals surface area contributed by atoms with Gasteiger partial charge in [0, 0.05) is 32.1 Å². The third-order valence-corrected chi connectivity index (χ3v) is 7.24. The van der Waals surface area contributed by atoms with Crippen LogP contribution >= 0.6 is 0 Å². The normalized spacial score (nSPS) is 22.8. The van der Waals surface area contributed by atoms with Crippen LogP contribution in [0.5, 0.6) is 0 Å². The van der Waals surface area contributed by atoms with Gasteiger partial charge in [-0.2, -0.15) is 4.31 Å². The Bertz CT molecular complexity index is 521. The first-order chi connectivity index (χ1) is 11.3. The topological polar surface area (TPSA) is 83.7 Å². The Labute approximate surface area is 146 Å². The summed E-state index contributed by atoms with van der Waals surface area (Å²) in [6.07, 6.45) is 8.98. The Hall–Kier alpha value is -0.660. The fraction of sp³-hybridized carbons (Fsp3) is 0.941. The molecule has 0 bridgehead atoms. The van der Waals surface area contributed by atoms with Gasteiger partial charge in [0.1, 0.15) is 0 Å². The minimum atomic E-state index is -3.18. The largest absolute Gasteiger partial charge is 0.343 e. The summed E-state index contributed by atoms with van der Waals surface area (Å²) in [5, 5.41) is 0. The number of sulfonamides is 1. The molecule has 1 saturated carbocycles. The van der Waals surface area contributed by atoms with Gasteiger partial charge in [-0.1, -0.05) is 26.2 Å². The quantitative estimate of drug-likeness (QED) is 0.780. The molecule has 0 aromatic carbocycles. The maximum absolute atomic E-state index is 12.7. The molecular formula is C17H33N3O3S. The predicted octanol–water partition coefficient (Wildman–Crippen LogP) is 1.56. The highest BCUT2D eigenvalue weighted by Crippen LogP contribution is 2.39. The second kappa shape index (κ2) is 8.15. The Morgan fingerprint density at radius 2 is 1.79 bits per heavy atom. The van der Waals surface area contributed by atoms with Crippen LogP contribution in [0.1, 0.15) is 58.3 Å². The number of likely N-dealkylation sites (tertiary alicyclic amines) is 1.